The van der Waals surface area contributed by atoms with Crippen molar-refractivity contribution in [3.05, 3.63) is 23.7 Å². The SMILES string of the molecule is CC1CCCN1Cc1occc1CN. The monoisotopic (exact) mass is 194 g/mol. The number of hydrogen-bond donors (Lipinski definition) is 1. The molecule has 1 aliphatic heterocycles. The fourth-order valence-corrected chi connectivity index (χ4v) is 2.10. The van der Waals surface area contributed by atoms with Crippen LogP contribution in [0, 0.1) is 0 Å². The second-order valence-corrected chi connectivity index (χ2v) is 4.03. The van der Waals surface area contributed by atoms with Crippen molar-refractivity contribution in [2.75, 3.05) is 6.54 Å². The molecule has 1 unspecified atom stereocenters. The number of nitrogens with two attached hydrogens (primary N) is 1. The molecule has 1 atom stereocenters. The topological polar surface area (TPSA) is 42.4 Å². The summed E-state index contributed by atoms with van der Waals surface area (Å²) in [5.74, 6) is 1.04. The predicted octanol–water partition coefficient (Wildman–Crippen LogP) is 1.72. The molecule has 1 aromatic heterocycles. The van der Waals surface area contributed by atoms with Crippen molar-refractivity contribution in [3.63, 3.8) is 0 Å². The Bertz CT molecular complexity index is 295. The zero-order valence-electron chi connectivity index (χ0n) is 8.70. The van der Waals surface area contributed by atoms with Crippen molar-refractivity contribution in [1.29, 1.82) is 0 Å². The molecule has 0 amide bonds. The first kappa shape index (κ1) is 9.74. The molecule has 3 heteroatoms. The molecule has 0 bridgehead atoms. The molecule has 1 saturated heterocycles. The van der Waals surface area contributed by atoms with Crippen molar-refractivity contribution in [1.82, 2.24) is 4.90 Å². The van der Waals surface area contributed by atoms with Crippen LogP contribution in [0.4, 0.5) is 0 Å². The molecule has 1 aromatic rings. The molecule has 0 spiro atoms. The summed E-state index contributed by atoms with van der Waals surface area (Å²) in [6.45, 7) is 4.96. The molecule has 3 nitrogen and oxygen atoms in total. The number of likely N-dealkylation sites (tertiary alicyclic amines) is 1. The average molecular weight is 194 g/mol. The molecular weight excluding hydrogens is 176 g/mol. The Morgan fingerprint density at radius 1 is 1.64 bits per heavy atom. The molecule has 0 aromatic carbocycles. The average Bonchev–Trinajstić information content (AvgIpc) is 2.77. The van der Waals surface area contributed by atoms with Crippen LogP contribution in [0.25, 0.3) is 0 Å². The molecule has 0 aliphatic carbocycles. The number of nitrogens with zero attached hydrogens (tertiary/aromatic N) is 1. The number of hydrogen-bond acceptors (Lipinski definition) is 3. The van der Waals surface area contributed by atoms with E-state index in [0.29, 0.717) is 12.6 Å². The van der Waals surface area contributed by atoms with Gasteiger partial charge in [0.2, 0.25) is 0 Å². The first-order valence-electron chi connectivity index (χ1n) is 5.30. The molecule has 2 heterocycles. The normalized spacial score (nSPS) is 23.1. The van der Waals surface area contributed by atoms with E-state index in [-0.39, 0.29) is 0 Å². The van der Waals surface area contributed by atoms with Crippen LogP contribution in [0.3, 0.4) is 0 Å². The van der Waals surface area contributed by atoms with Gasteiger partial charge in [0.1, 0.15) is 5.76 Å². The Balaban J connectivity index is 2.02. The third-order valence-corrected chi connectivity index (χ3v) is 3.09. The lowest BCUT2D eigenvalue weighted by atomic mass is 10.2. The maximum Gasteiger partial charge on any atom is 0.122 e. The van der Waals surface area contributed by atoms with Crippen LogP contribution < -0.4 is 5.73 Å². The third kappa shape index (κ3) is 1.83. The van der Waals surface area contributed by atoms with Gasteiger partial charge in [0, 0.05) is 18.2 Å². The van der Waals surface area contributed by atoms with E-state index in [1.165, 1.54) is 19.4 Å². The summed E-state index contributed by atoms with van der Waals surface area (Å²) in [6.07, 6.45) is 4.34. The smallest absolute Gasteiger partial charge is 0.122 e. The summed E-state index contributed by atoms with van der Waals surface area (Å²) in [6, 6.07) is 2.65. The summed E-state index contributed by atoms with van der Waals surface area (Å²) in [7, 11) is 0. The van der Waals surface area contributed by atoms with Crippen molar-refractivity contribution < 1.29 is 4.42 Å². The van der Waals surface area contributed by atoms with Gasteiger partial charge < -0.3 is 10.2 Å². The minimum Gasteiger partial charge on any atom is -0.468 e. The minimum absolute atomic E-state index is 0.577. The van der Waals surface area contributed by atoms with Crippen LogP contribution in [-0.2, 0) is 13.1 Å². The Morgan fingerprint density at radius 2 is 2.50 bits per heavy atom. The van der Waals surface area contributed by atoms with E-state index < -0.39 is 0 Å². The van der Waals surface area contributed by atoms with Crippen LogP contribution >= 0.6 is 0 Å². The second kappa shape index (κ2) is 4.15. The van der Waals surface area contributed by atoms with Crippen LogP contribution in [-0.4, -0.2) is 17.5 Å². The lowest BCUT2D eigenvalue weighted by Gasteiger charge is -2.19. The van der Waals surface area contributed by atoms with E-state index in [2.05, 4.69) is 11.8 Å². The van der Waals surface area contributed by atoms with Crippen molar-refractivity contribution in [2.24, 2.45) is 5.73 Å². The molecule has 0 radical (unpaired) electrons. The molecule has 2 rings (SSSR count). The summed E-state index contributed by atoms with van der Waals surface area (Å²) >= 11 is 0. The zero-order chi connectivity index (χ0) is 9.97. The second-order valence-electron chi connectivity index (χ2n) is 4.03. The Morgan fingerprint density at radius 3 is 3.14 bits per heavy atom. The van der Waals surface area contributed by atoms with Gasteiger partial charge in [0.25, 0.3) is 0 Å². The first-order chi connectivity index (χ1) is 6.81. The van der Waals surface area contributed by atoms with Gasteiger partial charge in [0.05, 0.1) is 12.8 Å². The van der Waals surface area contributed by atoms with E-state index in [0.717, 1.165) is 17.9 Å². The van der Waals surface area contributed by atoms with Gasteiger partial charge in [-0.25, -0.2) is 0 Å². The van der Waals surface area contributed by atoms with Crippen molar-refractivity contribution >= 4 is 0 Å². The maximum atomic E-state index is 5.63. The van der Waals surface area contributed by atoms with E-state index >= 15 is 0 Å². The lowest BCUT2D eigenvalue weighted by molar-refractivity contribution is 0.237. The number of furan rings is 1. The summed E-state index contributed by atoms with van der Waals surface area (Å²) in [4.78, 5) is 2.46. The highest BCUT2D eigenvalue weighted by Gasteiger charge is 2.21. The highest BCUT2D eigenvalue weighted by atomic mass is 16.3. The van der Waals surface area contributed by atoms with Gasteiger partial charge in [-0.3, -0.25) is 4.90 Å². The Labute approximate surface area is 84.9 Å². The highest BCUT2D eigenvalue weighted by Crippen LogP contribution is 2.21. The Hall–Kier alpha value is -0.800. The fraction of sp³-hybridized carbons (Fsp3) is 0.636. The third-order valence-electron chi connectivity index (χ3n) is 3.09. The zero-order valence-corrected chi connectivity index (χ0v) is 8.70. The fourth-order valence-electron chi connectivity index (χ4n) is 2.10. The van der Waals surface area contributed by atoms with Gasteiger partial charge in [-0.15, -0.1) is 0 Å². The molecule has 14 heavy (non-hydrogen) atoms. The molecule has 0 saturated carbocycles. The Kier molecular flexibility index (Phi) is 2.89. The molecular formula is C11H18N2O. The standard InChI is InChI=1S/C11H18N2O/c1-9-3-2-5-13(9)8-11-10(7-12)4-6-14-11/h4,6,9H,2-3,5,7-8,12H2,1H3. The molecule has 78 valence electrons. The van der Waals surface area contributed by atoms with E-state index in [1.54, 1.807) is 6.26 Å². The lowest BCUT2D eigenvalue weighted by Crippen LogP contribution is -2.26. The van der Waals surface area contributed by atoms with E-state index in [9.17, 15) is 0 Å². The van der Waals surface area contributed by atoms with Gasteiger partial charge in [-0.2, -0.15) is 0 Å². The molecule has 1 aliphatic rings. The summed E-state index contributed by atoms with van der Waals surface area (Å²) in [5.41, 5.74) is 6.77. The van der Waals surface area contributed by atoms with Gasteiger partial charge in [-0.1, -0.05) is 0 Å². The van der Waals surface area contributed by atoms with Gasteiger partial charge in [0.15, 0.2) is 0 Å². The van der Waals surface area contributed by atoms with E-state index in [1.807, 2.05) is 6.07 Å². The van der Waals surface area contributed by atoms with Crippen molar-refractivity contribution in [3.8, 4) is 0 Å². The van der Waals surface area contributed by atoms with Crippen molar-refractivity contribution in [2.45, 2.75) is 38.9 Å². The van der Waals surface area contributed by atoms with Crippen LogP contribution in [0.1, 0.15) is 31.1 Å². The predicted molar refractivity (Wildman–Crippen MR) is 55.7 cm³/mol. The van der Waals surface area contributed by atoms with Gasteiger partial charge in [-0.05, 0) is 32.4 Å². The minimum atomic E-state index is 0.577. The first-order valence-corrected chi connectivity index (χ1v) is 5.30. The quantitative estimate of drug-likeness (QED) is 0.796. The largest absolute Gasteiger partial charge is 0.468 e. The summed E-state index contributed by atoms with van der Waals surface area (Å²) < 4.78 is 5.44. The van der Waals surface area contributed by atoms with E-state index in [4.69, 9.17) is 10.2 Å². The maximum absolute atomic E-state index is 5.63. The number of rotatable bonds is 3. The van der Waals surface area contributed by atoms with Gasteiger partial charge >= 0.3 is 0 Å². The molecule has 2 N–H and O–H groups in total. The molecule has 1 fully saturated rings. The van der Waals surface area contributed by atoms with Crippen LogP contribution in [0.15, 0.2) is 16.7 Å². The summed E-state index contributed by atoms with van der Waals surface area (Å²) in [5, 5.41) is 0. The van der Waals surface area contributed by atoms with Crippen LogP contribution in [0.2, 0.25) is 0 Å². The van der Waals surface area contributed by atoms with Crippen LogP contribution in [0.5, 0.6) is 0 Å². The highest BCUT2D eigenvalue weighted by molar-refractivity contribution is 5.16.